The third kappa shape index (κ3) is 1.90. The number of fused-ring (bicyclic) bond motifs is 1. The average Bonchev–Trinajstić information content (AvgIpc) is 2.84. The lowest BCUT2D eigenvalue weighted by Crippen LogP contribution is -2.34. The van der Waals surface area contributed by atoms with E-state index in [0.717, 1.165) is 16.9 Å². The molecule has 0 atom stereocenters. The quantitative estimate of drug-likeness (QED) is 0.712. The molecule has 0 aliphatic heterocycles. The molecule has 3 rings (SSSR count). The van der Waals surface area contributed by atoms with E-state index in [1.165, 1.54) is 8.97 Å². The SMILES string of the molecule is CCn1c(=O)sc2nc(-c3ccccc3)cn2c1=O. The van der Waals surface area contributed by atoms with Crippen molar-refractivity contribution in [3.8, 4) is 11.3 Å². The number of hydrogen-bond donors (Lipinski definition) is 0. The van der Waals surface area contributed by atoms with Crippen molar-refractivity contribution < 1.29 is 0 Å². The van der Waals surface area contributed by atoms with Crippen molar-refractivity contribution in [2.24, 2.45) is 0 Å². The molecule has 0 fully saturated rings. The minimum atomic E-state index is -0.337. The highest BCUT2D eigenvalue weighted by Crippen LogP contribution is 2.18. The van der Waals surface area contributed by atoms with Crippen LogP contribution in [0.5, 0.6) is 0 Å². The number of imidazole rings is 1. The summed E-state index contributed by atoms with van der Waals surface area (Å²) < 4.78 is 2.63. The molecule has 2 heterocycles. The number of nitrogens with zero attached hydrogens (tertiary/aromatic N) is 3. The maximum Gasteiger partial charge on any atom is 0.338 e. The van der Waals surface area contributed by atoms with E-state index < -0.39 is 0 Å². The molecule has 0 bridgehead atoms. The maximum absolute atomic E-state index is 12.1. The third-order valence-electron chi connectivity index (χ3n) is 2.90. The van der Waals surface area contributed by atoms with E-state index >= 15 is 0 Å². The summed E-state index contributed by atoms with van der Waals surface area (Å²) in [6, 6.07) is 9.58. The Bertz CT molecular complexity index is 846. The van der Waals surface area contributed by atoms with E-state index in [2.05, 4.69) is 4.98 Å². The number of hydrogen-bond acceptors (Lipinski definition) is 4. The van der Waals surface area contributed by atoms with Crippen molar-refractivity contribution in [2.45, 2.75) is 13.5 Å². The van der Waals surface area contributed by atoms with Gasteiger partial charge in [-0.2, -0.15) is 0 Å². The van der Waals surface area contributed by atoms with Crippen molar-refractivity contribution >= 4 is 16.3 Å². The average molecular weight is 273 g/mol. The van der Waals surface area contributed by atoms with Crippen LogP contribution in [-0.2, 0) is 6.54 Å². The fourth-order valence-corrected chi connectivity index (χ4v) is 2.77. The van der Waals surface area contributed by atoms with Gasteiger partial charge in [0.05, 0.1) is 5.69 Å². The molecule has 19 heavy (non-hydrogen) atoms. The largest absolute Gasteiger partial charge is 0.338 e. The molecule has 2 aromatic heterocycles. The molecule has 96 valence electrons. The Labute approximate surface area is 112 Å². The van der Waals surface area contributed by atoms with Gasteiger partial charge in [-0.05, 0) is 18.3 Å². The van der Waals surface area contributed by atoms with E-state index in [4.69, 9.17) is 0 Å². The van der Waals surface area contributed by atoms with Crippen molar-refractivity contribution in [3.05, 3.63) is 56.7 Å². The molecule has 0 aliphatic carbocycles. The molecule has 1 aromatic carbocycles. The number of benzene rings is 1. The lowest BCUT2D eigenvalue weighted by molar-refractivity contribution is 0.679. The van der Waals surface area contributed by atoms with E-state index in [1.807, 2.05) is 30.3 Å². The molecule has 5 nitrogen and oxygen atoms in total. The molecule has 0 spiro atoms. The smallest absolute Gasteiger partial charge is 0.256 e. The van der Waals surface area contributed by atoms with Gasteiger partial charge in [-0.25, -0.2) is 14.2 Å². The predicted octanol–water partition coefficient (Wildman–Crippen LogP) is 1.60. The Kier molecular flexibility index (Phi) is 2.79. The van der Waals surface area contributed by atoms with Gasteiger partial charge < -0.3 is 0 Å². The zero-order valence-electron chi connectivity index (χ0n) is 10.2. The molecule has 0 saturated heterocycles. The Morgan fingerprint density at radius 1 is 1.21 bits per heavy atom. The van der Waals surface area contributed by atoms with Gasteiger partial charge in [0.1, 0.15) is 0 Å². The van der Waals surface area contributed by atoms with Gasteiger partial charge in [0.25, 0.3) is 0 Å². The molecular weight excluding hydrogens is 262 g/mol. The first-order valence-electron chi connectivity index (χ1n) is 5.89. The van der Waals surface area contributed by atoms with E-state index in [1.54, 1.807) is 13.1 Å². The lowest BCUT2D eigenvalue weighted by Gasteiger charge is -1.98. The molecule has 0 radical (unpaired) electrons. The highest BCUT2D eigenvalue weighted by molar-refractivity contribution is 7.14. The summed E-state index contributed by atoms with van der Waals surface area (Å²) in [6.07, 6.45) is 1.68. The summed E-state index contributed by atoms with van der Waals surface area (Å²) in [5.74, 6) is 0. The first-order chi connectivity index (χ1) is 9.20. The van der Waals surface area contributed by atoms with Gasteiger partial charge in [-0.15, -0.1) is 0 Å². The summed E-state index contributed by atoms with van der Waals surface area (Å²) in [4.78, 5) is 28.4. The second kappa shape index (κ2) is 4.47. The van der Waals surface area contributed by atoms with Crippen LogP contribution in [-0.4, -0.2) is 14.0 Å². The summed E-state index contributed by atoms with van der Waals surface area (Å²) in [5, 5.41) is 0. The summed E-state index contributed by atoms with van der Waals surface area (Å²) >= 11 is 0.982. The van der Waals surface area contributed by atoms with E-state index in [0.29, 0.717) is 17.2 Å². The molecule has 0 amide bonds. The van der Waals surface area contributed by atoms with Crippen molar-refractivity contribution in [1.82, 2.24) is 14.0 Å². The Hall–Kier alpha value is -2.21. The highest BCUT2D eigenvalue weighted by atomic mass is 32.1. The zero-order chi connectivity index (χ0) is 13.4. The first kappa shape index (κ1) is 11.9. The van der Waals surface area contributed by atoms with Crippen LogP contribution in [0.15, 0.2) is 46.1 Å². The fourth-order valence-electron chi connectivity index (χ4n) is 1.93. The van der Waals surface area contributed by atoms with Crippen molar-refractivity contribution in [3.63, 3.8) is 0 Å². The Balaban J connectivity index is 2.31. The highest BCUT2D eigenvalue weighted by Gasteiger charge is 2.10. The minimum absolute atomic E-state index is 0.273. The number of rotatable bonds is 2. The van der Waals surface area contributed by atoms with Crippen LogP contribution >= 0.6 is 11.3 Å². The summed E-state index contributed by atoms with van der Waals surface area (Å²) in [7, 11) is 0. The monoisotopic (exact) mass is 273 g/mol. The van der Waals surface area contributed by atoms with Crippen LogP contribution in [0.2, 0.25) is 0 Å². The van der Waals surface area contributed by atoms with Gasteiger partial charge in [-0.3, -0.25) is 9.36 Å². The van der Waals surface area contributed by atoms with E-state index in [9.17, 15) is 9.59 Å². The standard InChI is InChI=1S/C13H11N3O2S/c1-2-15-12(17)16-8-10(9-6-4-3-5-7-9)14-11(16)19-13(15)18/h3-8H,2H2,1H3. The van der Waals surface area contributed by atoms with Gasteiger partial charge in [0.15, 0.2) is 0 Å². The van der Waals surface area contributed by atoms with Gasteiger partial charge in [0.2, 0.25) is 4.96 Å². The Morgan fingerprint density at radius 3 is 2.63 bits per heavy atom. The molecular formula is C13H11N3O2S. The topological polar surface area (TPSA) is 56.4 Å². The molecule has 3 aromatic rings. The molecule has 0 saturated carbocycles. The second-order valence-corrected chi connectivity index (χ2v) is 4.96. The van der Waals surface area contributed by atoms with Gasteiger partial charge >= 0.3 is 10.6 Å². The predicted molar refractivity (Wildman–Crippen MR) is 74.7 cm³/mol. The summed E-state index contributed by atoms with van der Waals surface area (Å²) in [6.45, 7) is 2.14. The molecule has 6 heteroatoms. The normalized spacial score (nSPS) is 11.0. The molecule has 0 aliphatic rings. The molecule has 0 unspecified atom stereocenters. The van der Waals surface area contributed by atoms with Gasteiger partial charge in [-0.1, -0.05) is 30.3 Å². The second-order valence-electron chi connectivity index (χ2n) is 4.04. The van der Waals surface area contributed by atoms with Crippen LogP contribution in [0.3, 0.4) is 0 Å². The zero-order valence-corrected chi connectivity index (χ0v) is 11.1. The van der Waals surface area contributed by atoms with Crippen LogP contribution < -0.4 is 10.6 Å². The fraction of sp³-hybridized carbons (Fsp3) is 0.154. The molecule has 0 N–H and O–H groups in total. The first-order valence-corrected chi connectivity index (χ1v) is 6.71. The maximum atomic E-state index is 12.1. The third-order valence-corrected chi connectivity index (χ3v) is 3.76. The Morgan fingerprint density at radius 2 is 1.95 bits per heavy atom. The van der Waals surface area contributed by atoms with Crippen molar-refractivity contribution in [2.75, 3.05) is 0 Å². The van der Waals surface area contributed by atoms with Crippen LogP contribution in [0.25, 0.3) is 16.2 Å². The van der Waals surface area contributed by atoms with Crippen LogP contribution in [0.1, 0.15) is 6.92 Å². The summed E-state index contributed by atoms with van der Waals surface area (Å²) in [5.41, 5.74) is 1.28. The minimum Gasteiger partial charge on any atom is -0.256 e. The van der Waals surface area contributed by atoms with Crippen molar-refractivity contribution in [1.29, 1.82) is 0 Å². The van der Waals surface area contributed by atoms with Crippen LogP contribution in [0, 0.1) is 0 Å². The number of aromatic nitrogens is 3. The van der Waals surface area contributed by atoms with E-state index in [-0.39, 0.29) is 10.6 Å². The van der Waals surface area contributed by atoms with Crippen LogP contribution in [0.4, 0.5) is 0 Å². The van der Waals surface area contributed by atoms with Gasteiger partial charge in [0, 0.05) is 18.3 Å². The lowest BCUT2D eigenvalue weighted by atomic mass is 10.2.